The fourth-order valence-corrected chi connectivity index (χ4v) is 4.93. The summed E-state index contributed by atoms with van der Waals surface area (Å²) in [5.74, 6) is 1.17. The maximum atomic E-state index is 12.7. The summed E-state index contributed by atoms with van der Waals surface area (Å²) < 4.78 is 41.6. The molecule has 0 saturated carbocycles. The zero-order chi connectivity index (χ0) is 26.8. The van der Waals surface area contributed by atoms with Gasteiger partial charge in [-0.2, -0.15) is 13.4 Å². The third-order valence-corrected chi connectivity index (χ3v) is 6.99. The van der Waals surface area contributed by atoms with E-state index in [-0.39, 0.29) is 29.2 Å². The number of anilines is 1. The van der Waals surface area contributed by atoms with Crippen molar-refractivity contribution in [2.75, 3.05) is 12.0 Å². The Morgan fingerprint density at radius 3 is 2.27 bits per heavy atom. The number of hydrogen-bond acceptors (Lipinski definition) is 10. The van der Waals surface area contributed by atoms with Gasteiger partial charge in [0.05, 0.1) is 12.1 Å². The molecule has 10 nitrogen and oxygen atoms in total. The molecule has 0 atom stereocenters. The van der Waals surface area contributed by atoms with Crippen molar-refractivity contribution in [3.05, 3.63) is 77.3 Å². The molecule has 0 radical (unpaired) electrons. The Hall–Kier alpha value is -3.96. The smallest absolute Gasteiger partial charge is 0.339 e. The predicted octanol–water partition coefficient (Wildman–Crippen LogP) is 3.88. The van der Waals surface area contributed by atoms with E-state index in [1.54, 1.807) is 53.4 Å². The van der Waals surface area contributed by atoms with E-state index in [1.165, 1.54) is 25.3 Å². The fraction of sp³-hybridized carbons (Fsp3) is 0.200. The molecule has 3 aromatic rings. The van der Waals surface area contributed by atoms with Gasteiger partial charge in [-0.15, -0.1) is 0 Å². The van der Waals surface area contributed by atoms with E-state index in [4.69, 9.17) is 36.7 Å². The predicted molar refractivity (Wildman–Crippen MR) is 143 cm³/mol. The molecule has 0 aromatic heterocycles. The molecule has 0 bridgehead atoms. The van der Waals surface area contributed by atoms with Gasteiger partial charge in [0.15, 0.2) is 11.5 Å². The van der Waals surface area contributed by atoms with Crippen molar-refractivity contribution in [3.63, 3.8) is 0 Å². The van der Waals surface area contributed by atoms with Crippen LogP contribution in [-0.2, 0) is 16.7 Å². The molecule has 0 amide bonds. The molecule has 1 aliphatic rings. The minimum Gasteiger partial charge on any atom is -0.493 e. The summed E-state index contributed by atoms with van der Waals surface area (Å²) in [6.45, 7) is 3.86. The van der Waals surface area contributed by atoms with Crippen molar-refractivity contribution >= 4 is 39.3 Å². The number of methoxy groups -OCH3 is 1. The minimum atomic E-state index is -4.05. The quantitative estimate of drug-likeness (QED) is 0.408. The van der Waals surface area contributed by atoms with Crippen LogP contribution in [0, 0.1) is 0 Å². The van der Waals surface area contributed by atoms with Crippen molar-refractivity contribution in [2.45, 2.75) is 31.0 Å². The summed E-state index contributed by atoms with van der Waals surface area (Å²) in [5, 5.41) is 0.355. The van der Waals surface area contributed by atoms with Crippen LogP contribution in [0.15, 0.2) is 81.6 Å². The lowest BCUT2D eigenvalue weighted by Crippen LogP contribution is -2.54. The number of hydrogen-bond donors (Lipinski definition) is 2. The Labute approximate surface area is 220 Å². The average molecular weight is 544 g/mol. The molecule has 0 fully saturated rings. The second-order valence-electron chi connectivity index (χ2n) is 8.51. The Morgan fingerprint density at radius 1 is 0.973 bits per heavy atom. The van der Waals surface area contributed by atoms with Crippen LogP contribution in [0.5, 0.6) is 17.2 Å². The largest absolute Gasteiger partial charge is 0.493 e. The molecule has 0 spiro atoms. The van der Waals surface area contributed by atoms with Gasteiger partial charge in [-0.05, 0) is 61.9 Å². The van der Waals surface area contributed by atoms with E-state index in [1.807, 2.05) is 13.8 Å². The molecule has 0 saturated heterocycles. The number of nitrogens with zero attached hydrogens (tertiary/aromatic N) is 3. The molecular weight excluding hydrogens is 518 g/mol. The number of benzene rings is 3. The zero-order valence-electron chi connectivity index (χ0n) is 20.4. The molecule has 0 unspecified atom stereocenters. The number of guanidine groups is 2. The van der Waals surface area contributed by atoms with Crippen LogP contribution in [0.3, 0.4) is 0 Å². The second-order valence-corrected chi connectivity index (χ2v) is 10.5. The van der Waals surface area contributed by atoms with Crippen LogP contribution in [0.4, 0.5) is 5.69 Å². The monoisotopic (exact) mass is 543 g/mol. The van der Waals surface area contributed by atoms with Crippen molar-refractivity contribution in [1.29, 1.82) is 0 Å². The van der Waals surface area contributed by atoms with Gasteiger partial charge in [-0.3, -0.25) is 4.90 Å². The Balaban J connectivity index is 1.44. The summed E-state index contributed by atoms with van der Waals surface area (Å²) in [4.78, 5) is 10.1. The summed E-state index contributed by atoms with van der Waals surface area (Å²) in [7, 11) is -2.62. The molecule has 12 heteroatoms. The number of rotatable bonds is 8. The number of nitrogens with two attached hydrogens (primary N) is 2. The molecule has 0 aliphatic carbocycles. The normalized spacial score (nSPS) is 15.0. The Bertz CT molecular complexity index is 1470. The lowest BCUT2D eigenvalue weighted by molar-refractivity contribution is 0.306. The third kappa shape index (κ3) is 5.73. The van der Waals surface area contributed by atoms with Gasteiger partial charge in [-0.25, -0.2) is 4.99 Å². The lowest BCUT2D eigenvalue weighted by atomic mass is 10.1. The van der Waals surface area contributed by atoms with E-state index in [2.05, 4.69) is 9.98 Å². The first-order valence-electron chi connectivity index (χ1n) is 11.1. The van der Waals surface area contributed by atoms with Gasteiger partial charge in [0, 0.05) is 5.69 Å². The van der Waals surface area contributed by atoms with Crippen molar-refractivity contribution in [3.8, 4) is 17.2 Å². The SMILES string of the molecule is COc1ccccc1OS(=O)(=O)c1ccc(COc2ccc(N3C(N)=NC(N)=NC3(C)C)cc2Cl)cc1. The average Bonchev–Trinajstić information content (AvgIpc) is 2.82. The first-order chi connectivity index (χ1) is 17.5. The molecule has 37 heavy (non-hydrogen) atoms. The highest BCUT2D eigenvalue weighted by Crippen LogP contribution is 2.34. The molecule has 194 valence electrons. The van der Waals surface area contributed by atoms with Crippen LogP contribution >= 0.6 is 11.6 Å². The molecular formula is C25H26ClN5O5S. The van der Waals surface area contributed by atoms with Crippen molar-refractivity contribution in [2.24, 2.45) is 21.5 Å². The molecule has 1 aliphatic heterocycles. The van der Waals surface area contributed by atoms with E-state index >= 15 is 0 Å². The van der Waals surface area contributed by atoms with Crippen LogP contribution in [0.25, 0.3) is 0 Å². The maximum Gasteiger partial charge on any atom is 0.339 e. The number of aliphatic imine (C=N–C) groups is 2. The first-order valence-corrected chi connectivity index (χ1v) is 12.9. The maximum absolute atomic E-state index is 12.7. The highest BCUT2D eigenvalue weighted by atomic mass is 35.5. The molecule has 4 N–H and O–H groups in total. The van der Waals surface area contributed by atoms with Gasteiger partial charge < -0.3 is 25.1 Å². The molecule has 1 heterocycles. The zero-order valence-corrected chi connectivity index (χ0v) is 22.0. The van der Waals surface area contributed by atoms with Crippen molar-refractivity contribution < 1.29 is 22.1 Å². The number of ether oxygens (including phenoxy) is 2. The lowest BCUT2D eigenvalue weighted by Gasteiger charge is -2.38. The van der Waals surface area contributed by atoms with Crippen LogP contribution in [-0.4, -0.2) is 33.1 Å². The number of halogens is 1. The van der Waals surface area contributed by atoms with E-state index in [9.17, 15) is 8.42 Å². The number of para-hydroxylation sites is 2. The summed E-state index contributed by atoms with van der Waals surface area (Å²) >= 11 is 6.47. The van der Waals surface area contributed by atoms with Gasteiger partial charge in [0.1, 0.15) is 22.9 Å². The standard InChI is InChI=1S/C25H26ClN5O5S/c1-25(2)30-23(27)29-24(28)31(25)17-10-13-20(19(26)14-17)35-15-16-8-11-18(12-9-16)37(32,33)36-22-7-5-4-6-21(22)34-3/h4-14H,15H2,1-3H3,(H4,27,28,29,30). The van der Waals surface area contributed by atoms with E-state index in [0.717, 1.165) is 5.56 Å². The van der Waals surface area contributed by atoms with E-state index < -0.39 is 15.8 Å². The van der Waals surface area contributed by atoms with Crippen LogP contribution < -0.4 is 30.0 Å². The first kappa shape index (κ1) is 26.1. The topological polar surface area (TPSA) is 142 Å². The highest BCUT2D eigenvalue weighted by Gasteiger charge is 2.33. The Morgan fingerprint density at radius 2 is 1.65 bits per heavy atom. The van der Waals surface area contributed by atoms with Gasteiger partial charge in [0.25, 0.3) is 0 Å². The Kier molecular flexibility index (Phi) is 7.19. The third-order valence-electron chi connectivity index (χ3n) is 5.44. The van der Waals surface area contributed by atoms with Gasteiger partial charge in [0.2, 0.25) is 11.9 Å². The molecule has 3 aromatic carbocycles. The van der Waals surface area contributed by atoms with Gasteiger partial charge in [-0.1, -0.05) is 35.9 Å². The van der Waals surface area contributed by atoms with Crippen LogP contribution in [0.1, 0.15) is 19.4 Å². The second kappa shape index (κ2) is 10.2. The fourth-order valence-electron chi connectivity index (χ4n) is 3.76. The summed E-state index contributed by atoms with van der Waals surface area (Å²) in [6, 6.07) is 17.9. The van der Waals surface area contributed by atoms with Gasteiger partial charge >= 0.3 is 10.1 Å². The minimum absolute atomic E-state index is 0.00348. The van der Waals surface area contributed by atoms with E-state index in [0.29, 0.717) is 22.2 Å². The van der Waals surface area contributed by atoms with Crippen LogP contribution in [0.2, 0.25) is 5.02 Å². The summed E-state index contributed by atoms with van der Waals surface area (Å²) in [6.07, 6.45) is 0. The summed E-state index contributed by atoms with van der Waals surface area (Å²) in [5.41, 5.74) is 12.5. The highest BCUT2D eigenvalue weighted by molar-refractivity contribution is 7.87. The molecule has 4 rings (SSSR count). The van der Waals surface area contributed by atoms with Crippen molar-refractivity contribution in [1.82, 2.24) is 0 Å².